The number of halogens is 8. The van der Waals surface area contributed by atoms with Gasteiger partial charge in [-0.3, -0.25) is 9.78 Å². The van der Waals surface area contributed by atoms with Gasteiger partial charge in [-0.05, 0) is 35.4 Å². The lowest BCUT2D eigenvalue weighted by molar-refractivity contribution is -0.253. The maximum atomic E-state index is 14.9. The summed E-state index contributed by atoms with van der Waals surface area (Å²) in [5, 5.41) is 4.62. The van der Waals surface area contributed by atoms with Crippen LogP contribution in [0, 0.1) is 5.82 Å². The number of benzene rings is 2. The molecule has 0 saturated carbocycles. The number of alkyl halides is 6. The van der Waals surface area contributed by atoms with Crippen molar-refractivity contribution in [3.63, 3.8) is 0 Å². The molecule has 0 saturated heterocycles. The lowest BCUT2D eigenvalue weighted by Crippen LogP contribution is -2.54. The van der Waals surface area contributed by atoms with E-state index in [9.17, 15) is 40.3 Å². The molecule has 7 nitrogen and oxygen atoms in total. The van der Waals surface area contributed by atoms with Crippen molar-refractivity contribution >= 4 is 23.6 Å². The van der Waals surface area contributed by atoms with Crippen LogP contribution in [0.1, 0.15) is 29.7 Å². The van der Waals surface area contributed by atoms with E-state index in [1.54, 1.807) is 30.3 Å². The van der Waals surface area contributed by atoms with Crippen molar-refractivity contribution in [1.29, 1.82) is 0 Å². The van der Waals surface area contributed by atoms with Gasteiger partial charge in [0, 0.05) is 25.1 Å². The van der Waals surface area contributed by atoms with Crippen molar-refractivity contribution in [3.8, 4) is 5.75 Å². The highest BCUT2D eigenvalue weighted by Crippen LogP contribution is 2.37. The molecule has 0 aliphatic rings. The second-order valence-corrected chi connectivity index (χ2v) is 9.75. The quantitative estimate of drug-likeness (QED) is 0.166. The molecule has 43 heavy (non-hydrogen) atoms. The van der Waals surface area contributed by atoms with E-state index in [2.05, 4.69) is 19.8 Å². The predicted molar refractivity (Wildman–Crippen MR) is 141 cm³/mol. The zero-order chi connectivity index (χ0) is 31.8. The first-order chi connectivity index (χ1) is 20.2. The van der Waals surface area contributed by atoms with Gasteiger partial charge < -0.3 is 20.1 Å². The molecule has 1 unspecified atom stereocenters. The molecule has 1 atom stereocenters. The Bertz CT molecular complexity index is 1400. The van der Waals surface area contributed by atoms with Crippen molar-refractivity contribution in [3.05, 3.63) is 94.5 Å². The summed E-state index contributed by atoms with van der Waals surface area (Å²) in [5.74, 6) is -6.66. The topological polar surface area (TPSA) is 89.5 Å². The summed E-state index contributed by atoms with van der Waals surface area (Å²) in [5.41, 5.74) is -1.87. The van der Waals surface area contributed by atoms with Crippen LogP contribution in [0.15, 0.2) is 66.9 Å². The van der Waals surface area contributed by atoms with E-state index in [1.807, 2.05) is 5.32 Å². The molecule has 1 heterocycles. The Hall–Kier alpha value is -4.07. The minimum atomic E-state index is -4.99. The minimum absolute atomic E-state index is 0.0504. The molecule has 1 aromatic heterocycles. The SMILES string of the molecule is COC(=O)CCC(F)(F)CNC(=O)NC(Cc1ccccc1)(c1cc(F)cc(OC(F)(F)C(F)F)c1)c1ccc(Cl)cn1. The van der Waals surface area contributed by atoms with E-state index in [0.717, 1.165) is 19.2 Å². The molecular weight excluding hydrogens is 611 g/mol. The smallest absolute Gasteiger partial charge is 0.461 e. The fourth-order valence-electron chi connectivity index (χ4n) is 4.04. The van der Waals surface area contributed by atoms with Crippen molar-refractivity contribution in [2.75, 3.05) is 13.7 Å². The van der Waals surface area contributed by atoms with Crippen LogP contribution in [0.2, 0.25) is 5.02 Å². The fraction of sp³-hybridized carbons (Fsp3) is 0.321. The van der Waals surface area contributed by atoms with Crippen molar-refractivity contribution in [1.82, 2.24) is 15.6 Å². The number of nitrogens with one attached hydrogen (secondary N) is 2. The number of nitrogens with zero attached hydrogens (tertiary/aromatic N) is 1. The molecule has 232 valence electrons. The fourth-order valence-corrected chi connectivity index (χ4v) is 4.16. The van der Waals surface area contributed by atoms with Gasteiger partial charge in [-0.15, -0.1) is 0 Å². The Morgan fingerprint density at radius 3 is 2.33 bits per heavy atom. The van der Waals surface area contributed by atoms with Crippen LogP contribution in [-0.2, 0) is 21.5 Å². The lowest BCUT2D eigenvalue weighted by atomic mass is 9.80. The standard InChI is InChI=1S/C28H25ClF7N3O4/c1-42-23(40)9-10-26(33,34)16-38-25(41)39-27(14-17-5-3-2-4-6-17,22-8-7-19(29)15-37-22)18-11-20(30)13-21(12-18)43-28(35,36)24(31)32/h2-8,11-13,15,24H,9-10,14,16H2,1H3,(H2,38,39,41). The summed E-state index contributed by atoms with van der Waals surface area (Å²) >= 11 is 5.98. The molecule has 0 bridgehead atoms. The number of carbonyl (C=O) groups is 2. The maximum absolute atomic E-state index is 14.9. The van der Waals surface area contributed by atoms with E-state index in [1.165, 1.54) is 18.3 Å². The number of hydrogen-bond donors (Lipinski definition) is 2. The predicted octanol–water partition coefficient (Wildman–Crippen LogP) is 6.48. The van der Waals surface area contributed by atoms with E-state index >= 15 is 0 Å². The summed E-state index contributed by atoms with van der Waals surface area (Å²) in [6.45, 7) is -1.23. The Balaban J connectivity index is 2.10. The van der Waals surface area contributed by atoms with E-state index < -0.39 is 66.9 Å². The highest BCUT2D eigenvalue weighted by atomic mass is 35.5. The first-order valence-corrected chi connectivity index (χ1v) is 12.9. The number of amides is 2. The van der Waals surface area contributed by atoms with Gasteiger partial charge in [0.25, 0.3) is 5.92 Å². The second-order valence-electron chi connectivity index (χ2n) is 9.31. The molecule has 0 aliphatic carbocycles. The minimum Gasteiger partial charge on any atom is -0.469 e. The largest absolute Gasteiger partial charge is 0.469 e. The van der Waals surface area contributed by atoms with Gasteiger partial charge >= 0.3 is 24.5 Å². The molecular formula is C28H25ClF7N3O4. The van der Waals surface area contributed by atoms with Crippen molar-refractivity contribution in [2.45, 2.75) is 43.3 Å². The van der Waals surface area contributed by atoms with Crippen molar-refractivity contribution in [2.24, 2.45) is 0 Å². The molecule has 0 spiro atoms. The highest BCUT2D eigenvalue weighted by molar-refractivity contribution is 6.30. The van der Waals surface area contributed by atoms with Crippen LogP contribution in [-0.4, -0.2) is 49.1 Å². The van der Waals surface area contributed by atoms with E-state index in [0.29, 0.717) is 11.6 Å². The van der Waals surface area contributed by atoms with Gasteiger partial charge in [0.15, 0.2) is 0 Å². The summed E-state index contributed by atoms with van der Waals surface area (Å²) in [4.78, 5) is 28.6. The average molecular weight is 636 g/mol. The number of pyridine rings is 1. The number of urea groups is 1. The molecule has 2 amide bonds. The lowest BCUT2D eigenvalue weighted by Gasteiger charge is -2.36. The van der Waals surface area contributed by atoms with Gasteiger partial charge in [-0.25, -0.2) is 18.0 Å². The highest BCUT2D eigenvalue weighted by Gasteiger charge is 2.45. The van der Waals surface area contributed by atoms with Crippen molar-refractivity contribution < 1.29 is 49.8 Å². The monoisotopic (exact) mass is 635 g/mol. The van der Waals surface area contributed by atoms with Crippen LogP contribution in [0.3, 0.4) is 0 Å². The normalized spacial score (nSPS) is 13.3. The molecule has 0 radical (unpaired) electrons. The Labute approximate surface area is 246 Å². The number of aromatic nitrogens is 1. The van der Waals surface area contributed by atoms with Gasteiger partial charge in [0.2, 0.25) is 0 Å². The Kier molecular flexibility index (Phi) is 10.8. The molecule has 0 fully saturated rings. The molecule has 2 aromatic carbocycles. The first-order valence-electron chi connectivity index (χ1n) is 12.5. The zero-order valence-electron chi connectivity index (χ0n) is 22.4. The van der Waals surface area contributed by atoms with Crippen LogP contribution in [0.5, 0.6) is 5.75 Å². The van der Waals surface area contributed by atoms with Gasteiger partial charge in [0.05, 0.1) is 30.8 Å². The summed E-state index contributed by atoms with van der Waals surface area (Å²) in [6, 6.07) is 11.6. The molecule has 15 heteroatoms. The number of methoxy groups -OCH3 is 1. The Morgan fingerprint density at radius 2 is 1.72 bits per heavy atom. The summed E-state index contributed by atoms with van der Waals surface area (Å²) in [7, 11) is 1.03. The van der Waals surface area contributed by atoms with Crippen LogP contribution >= 0.6 is 11.6 Å². The van der Waals surface area contributed by atoms with Crippen LogP contribution in [0.25, 0.3) is 0 Å². The van der Waals surface area contributed by atoms with Gasteiger partial charge in [0.1, 0.15) is 17.1 Å². The summed E-state index contributed by atoms with van der Waals surface area (Å²) < 4.78 is 105. The molecule has 0 aliphatic heterocycles. The number of esters is 1. The number of ether oxygens (including phenoxy) is 2. The molecule has 3 aromatic rings. The number of rotatable bonds is 13. The Morgan fingerprint density at radius 1 is 1.02 bits per heavy atom. The zero-order valence-corrected chi connectivity index (χ0v) is 23.1. The van der Waals surface area contributed by atoms with Gasteiger partial charge in [-0.1, -0.05) is 41.9 Å². The second kappa shape index (κ2) is 13.9. The van der Waals surface area contributed by atoms with Crippen LogP contribution in [0.4, 0.5) is 35.5 Å². The summed E-state index contributed by atoms with van der Waals surface area (Å²) in [6.07, 6.45) is -9.92. The first kappa shape index (κ1) is 33.4. The van der Waals surface area contributed by atoms with Crippen LogP contribution < -0.4 is 15.4 Å². The third-order valence-corrected chi connectivity index (χ3v) is 6.33. The number of hydrogen-bond acceptors (Lipinski definition) is 5. The third-order valence-electron chi connectivity index (χ3n) is 6.11. The molecule has 2 N–H and O–H groups in total. The number of carbonyl (C=O) groups excluding carboxylic acids is 2. The average Bonchev–Trinajstić information content (AvgIpc) is 2.95. The van der Waals surface area contributed by atoms with E-state index in [4.69, 9.17) is 11.6 Å². The van der Waals surface area contributed by atoms with E-state index in [-0.39, 0.29) is 22.7 Å². The maximum Gasteiger partial charge on any atom is 0.461 e. The third kappa shape index (κ3) is 9.21. The van der Waals surface area contributed by atoms with Gasteiger partial charge in [-0.2, -0.15) is 17.6 Å². The molecule has 3 rings (SSSR count).